The van der Waals surface area contributed by atoms with E-state index in [1.165, 1.54) is 13.8 Å². The van der Waals surface area contributed by atoms with Crippen molar-refractivity contribution in [3.05, 3.63) is 82.4 Å². The molecule has 2 amide bonds. The molecule has 1 fully saturated rings. The van der Waals surface area contributed by atoms with Gasteiger partial charge in [-0.2, -0.15) is 0 Å². The summed E-state index contributed by atoms with van der Waals surface area (Å²) in [7, 11) is 0. The van der Waals surface area contributed by atoms with Crippen LogP contribution >= 0.6 is 0 Å². The first-order chi connectivity index (χ1) is 20.7. The smallest absolute Gasteiger partial charge is 0.448 e. The van der Waals surface area contributed by atoms with E-state index in [1.54, 1.807) is 31.7 Å². The predicted octanol–water partition coefficient (Wildman–Crippen LogP) is 3.78. The van der Waals surface area contributed by atoms with Crippen LogP contribution in [0.3, 0.4) is 0 Å². The molecule has 7 nitrogen and oxygen atoms in total. The Morgan fingerprint density at radius 1 is 0.911 bits per heavy atom. The number of amides is 2. The van der Waals surface area contributed by atoms with Gasteiger partial charge in [-0.15, -0.1) is 5.46 Å². The number of nitrogens with one attached hydrogen (secondary N) is 1. The van der Waals surface area contributed by atoms with Gasteiger partial charge in [0.05, 0.1) is 0 Å². The van der Waals surface area contributed by atoms with Gasteiger partial charge < -0.3 is 27.3 Å². The van der Waals surface area contributed by atoms with Gasteiger partial charge >= 0.3 is 70.5 Å². The van der Waals surface area contributed by atoms with Crippen LogP contribution in [0, 0.1) is 13.8 Å². The van der Waals surface area contributed by atoms with E-state index in [2.05, 4.69) is 5.32 Å². The number of hydrogen-bond acceptors (Lipinski definition) is 5. The molecule has 1 aliphatic carbocycles. The Morgan fingerprint density at radius 3 is 2.00 bits per heavy atom. The topological polar surface area (TPSA) is 71.1 Å². The third-order valence-corrected chi connectivity index (χ3v) is 8.34. The van der Waals surface area contributed by atoms with Crippen LogP contribution < -0.4 is 62.2 Å². The first-order valence-corrected chi connectivity index (χ1v) is 14.9. The second-order valence-electron chi connectivity index (χ2n) is 12.5. The fraction of sp³-hybridized carbons (Fsp3) is 0.394. The molecule has 45 heavy (non-hydrogen) atoms. The Hall–Kier alpha value is -2.35. The van der Waals surface area contributed by atoms with Crippen molar-refractivity contribution < 1.29 is 83.4 Å². The minimum Gasteiger partial charge on any atom is -0.448 e. The Balaban J connectivity index is 0.00000461. The maximum Gasteiger partial charge on any atom is 1.00 e. The standard InChI is InChI=1S/C33H38BF3N3O4.K/c1-21-23(19-39-14-16-40(17-15-39)32(42)44-33(3,4)5)18-29(22(2)30(21)34(35,36)37)38-31(41)43-20-28-26-12-8-6-10-24(26)25-11-7-9-13-27(25)28;/h6-13,18,28H,14-17,19-20H2,1-5H3,(H,38,41);/q-1;+1. The molecule has 0 spiro atoms. The van der Waals surface area contributed by atoms with Crippen LogP contribution in [0.25, 0.3) is 11.1 Å². The molecule has 0 radical (unpaired) electrons. The van der Waals surface area contributed by atoms with E-state index < -0.39 is 30.2 Å². The fourth-order valence-electron chi connectivity index (χ4n) is 6.18. The zero-order chi connectivity index (χ0) is 31.8. The third-order valence-electron chi connectivity index (χ3n) is 8.34. The number of carbonyl (C=O) groups excluding carboxylic acids is 2. The second kappa shape index (κ2) is 14.2. The quantitative estimate of drug-likeness (QED) is 0.413. The number of hydrogen-bond donors (Lipinski definition) is 1. The van der Waals surface area contributed by atoms with Crippen molar-refractivity contribution in [2.75, 3.05) is 38.1 Å². The zero-order valence-corrected chi connectivity index (χ0v) is 29.9. The molecule has 234 valence electrons. The van der Waals surface area contributed by atoms with Crippen LogP contribution in [0.15, 0.2) is 54.6 Å². The van der Waals surface area contributed by atoms with Crippen LogP contribution in [-0.4, -0.2) is 67.4 Å². The van der Waals surface area contributed by atoms with Gasteiger partial charge in [-0.3, -0.25) is 10.2 Å². The molecule has 0 bridgehead atoms. The van der Waals surface area contributed by atoms with Crippen molar-refractivity contribution in [1.29, 1.82) is 0 Å². The van der Waals surface area contributed by atoms with Gasteiger partial charge in [0.1, 0.15) is 12.2 Å². The Kier molecular flexibility index (Phi) is 11.2. The van der Waals surface area contributed by atoms with Crippen molar-refractivity contribution in [2.45, 2.75) is 52.7 Å². The molecular formula is C33H38BF3KN3O4. The average molecular weight is 648 g/mol. The van der Waals surface area contributed by atoms with Crippen molar-refractivity contribution in [3.63, 3.8) is 0 Å². The molecule has 0 atom stereocenters. The minimum atomic E-state index is -5.35. The van der Waals surface area contributed by atoms with Crippen molar-refractivity contribution in [2.24, 2.45) is 0 Å². The SMILES string of the molecule is Cc1c(CN2CCN(C(=O)OC(C)(C)C)CC2)cc(NC(=O)OCC2c3ccccc3-c3ccccc32)c(C)c1[B-](F)(F)F.[K+]. The zero-order valence-electron chi connectivity index (χ0n) is 26.8. The summed E-state index contributed by atoms with van der Waals surface area (Å²) in [4.78, 5) is 29.1. The monoisotopic (exact) mass is 647 g/mol. The maximum absolute atomic E-state index is 14.3. The molecule has 12 heteroatoms. The summed E-state index contributed by atoms with van der Waals surface area (Å²) in [5.74, 6) is -0.170. The number of halogens is 3. The largest absolute Gasteiger partial charge is 1.00 e. The molecule has 0 aromatic heterocycles. The van der Waals surface area contributed by atoms with Gasteiger partial charge in [-0.05, 0) is 68.5 Å². The van der Waals surface area contributed by atoms with Gasteiger partial charge in [-0.1, -0.05) is 59.7 Å². The fourth-order valence-corrected chi connectivity index (χ4v) is 6.18. The van der Waals surface area contributed by atoms with E-state index in [9.17, 15) is 22.5 Å². The first-order valence-electron chi connectivity index (χ1n) is 14.9. The Morgan fingerprint density at radius 2 is 1.47 bits per heavy atom. The van der Waals surface area contributed by atoms with E-state index in [0.717, 1.165) is 22.3 Å². The summed E-state index contributed by atoms with van der Waals surface area (Å²) in [6.45, 7) is 4.96. The van der Waals surface area contributed by atoms with E-state index in [1.807, 2.05) is 53.4 Å². The number of fused-ring (bicyclic) bond motifs is 3. The van der Waals surface area contributed by atoms with E-state index in [-0.39, 0.29) is 87.3 Å². The summed E-state index contributed by atoms with van der Waals surface area (Å²) in [6, 6.07) is 17.5. The predicted molar refractivity (Wildman–Crippen MR) is 166 cm³/mol. The van der Waals surface area contributed by atoms with Crippen LogP contribution in [0.4, 0.5) is 28.2 Å². The number of nitrogens with zero attached hydrogens (tertiary/aromatic N) is 2. The summed E-state index contributed by atoms with van der Waals surface area (Å²) < 4.78 is 54.1. The van der Waals surface area contributed by atoms with Crippen LogP contribution in [-0.2, 0) is 16.0 Å². The van der Waals surface area contributed by atoms with E-state index >= 15 is 0 Å². The van der Waals surface area contributed by atoms with Crippen molar-refractivity contribution >= 4 is 30.3 Å². The molecule has 0 saturated carbocycles. The van der Waals surface area contributed by atoms with Crippen molar-refractivity contribution in [3.8, 4) is 11.1 Å². The molecular weight excluding hydrogens is 609 g/mol. The van der Waals surface area contributed by atoms with Gasteiger partial charge in [0.15, 0.2) is 0 Å². The number of rotatable bonds is 6. The molecule has 3 aromatic carbocycles. The van der Waals surface area contributed by atoms with Gasteiger partial charge in [-0.25, -0.2) is 9.59 Å². The van der Waals surface area contributed by atoms with Crippen LogP contribution in [0.1, 0.15) is 54.5 Å². The van der Waals surface area contributed by atoms with Gasteiger partial charge in [0.25, 0.3) is 0 Å². The number of piperazine rings is 1. The van der Waals surface area contributed by atoms with E-state index in [0.29, 0.717) is 31.7 Å². The van der Waals surface area contributed by atoms with E-state index in [4.69, 9.17) is 9.47 Å². The average Bonchev–Trinajstić information content (AvgIpc) is 3.27. The summed E-state index contributed by atoms with van der Waals surface area (Å²) >= 11 is 0. The molecule has 0 unspecified atom stereocenters. The van der Waals surface area contributed by atoms with Gasteiger partial charge in [0, 0.05) is 44.3 Å². The molecule has 1 aliphatic heterocycles. The molecule has 2 aliphatic rings. The first kappa shape index (κ1) is 35.5. The van der Waals surface area contributed by atoms with Gasteiger partial charge in [0.2, 0.25) is 0 Å². The number of benzene rings is 3. The number of carbonyl (C=O) groups is 2. The Bertz CT molecular complexity index is 1520. The second-order valence-corrected chi connectivity index (χ2v) is 12.5. The normalized spacial score (nSPS) is 15.2. The summed E-state index contributed by atoms with van der Waals surface area (Å²) in [5, 5.41) is 2.60. The summed E-state index contributed by atoms with van der Waals surface area (Å²) in [5.41, 5.74) is 3.58. The molecule has 5 rings (SSSR count). The maximum atomic E-state index is 14.3. The van der Waals surface area contributed by atoms with Crippen LogP contribution in [0.5, 0.6) is 0 Å². The third kappa shape index (κ3) is 8.15. The Labute approximate surface area is 305 Å². The number of anilines is 1. The van der Waals surface area contributed by atoms with Crippen molar-refractivity contribution in [1.82, 2.24) is 9.80 Å². The molecule has 3 aromatic rings. The van der Waals surface area contributed by atoms with Crippen LogP contribution in [0.2, 0.25) is 0 Å². The number of ether oxygens (including phenoxy) is 2. The molecule has 1 N–H and O–H groups in total. The molecule has 1 heterocycles. The minimum absolute atomic E-state index is 0. The molecule has 1 saturated heterocycles. The summed E-state index contributed by atoms with van der Waals surface area (Å²) in [6.07, 6.45) is -1.21.